The Morgan fingerprint density at radius 1 is 1.11 bits per heavy atom. The summed E-state index contributed by atoms with van der Waals surface area (Å²) in [5, 5.41) is 20.0. The van der Waals surface area contributed by atoms with Crippen molar-refractivity contribution in [1.29, 1.82) is 0 Å². The van der Waals surface area contributed by atoms with Gasteiger partial charge in [-0.2, -0.15) is 5.10 Å². The van der Waals surface area contributed by atoms with Crippen molar-refractivity contribution in [1.82, 2.24) is 14.8 Å². The van der Waals surface area contributed by atoms with Gasteiger partial charge in [0.2, 0.25) is 0 Å². The molecule has 4 aromatic rings. The summed E-state index contributed by atoms with van der Waals surface area (Å²) in [5.41, 5.74) is 1.10. The van der Waals surface area contributed by atoms with E-state index in [4.69, 9.17) is 0 Å². The zero-order chi connectivity index (χ0) is 19.7. The molecule has 0 saturated carbocycles. The molecule has 0 saturated heterocycles. The first kappa shape index (κ1) is 17.3. The molecule has 2 aromatic heterocycles. The number of para-hydroxylation sites is 2. The molecule has 0 atom stereocenters. The van der Waals surface area contributed by atoms with Gasteiger partial charge in [0, 0.05) is 23.3 Å². The molecule has 0 radical (unpaired) electrons. The number of pyridine rings is 1. The first-order valence-corrected chi connectivity index (χ1v) is 8.50. The standard InChI is InChI=1S/C20H15N5O3/c1-13-12-14-6-2-3-7-15(14)19(21-13)22-20(26)16-10-11-24(23-16)17-8-4-5-9-18(17)25(27)28/h2-12H,1H3,(H,21,22,26). The number of anilines is 1. The number of amides is 1. The average molecular weight is 373 g/mol. The van der Waals surface area contributed by atoms with Crippen LogP contribution in [0.15, 0.2) is 66.9 Å². The van der Waals surface area contributed by atoms with E-state index in [1.54, 1.807) is 18.2 Å². The normalized spacial score (nSPS) is 10.8. The van der Waals surface area contributed by atoms with Gasteiger partial charge in [0.1, 0.15) is 11.5 Å². The van der Waals surface area contributed by atoms with Crippen LogP contribution >= 0.6 is 0 Å². The Kier molecular flexibility index (Phi) is 4.29. The highest BCUT2D eigenvalue weighted by atomic mass is 16.6. The van der Waals surface area contributed by atoms with E-state index in [9.17, 15) is 14.9 Å². The summed E-state index contributed by atoms with van der Waals surface area (Å²) in [6, 6.07) is 17.3. The molecule has 0 aliphatic rings. The third-order valence-corrected chi connectivity index (χ3v) is 4.25. The topological polar surface area (TPSA) is 103 Å². The summed E-state index contributed by atoms with van der Waals surface area (Å²) >= 11 is 0. The number of nitro benzene ring substituents is 1. The van der Waals surface area contributed by atoms with Crippen molar-refractivity contribution in [2.75, 3.05) is 5.32 Å². The van der Waals surface area contributed by atoms with Crippen molar-refractivity contribution in [3.63, 3.8) is 0 Å². The second-order valence-electron chi connectivity index (χ2n) is 6.18. The monoisotopic (exact) mass is 373 g/mol. The molecule has 0 fully saturated rings. The number of nitrogens with one attached hydrogen (secondary N) is 1. The smallest absolute Gasteiger partial charge is 0.294 e. The molecule has 8 nitrogen and oxygen atoms in total. The average Bonchev–Trinajstić information content (AvgIpc) is 3.18. The van der Waals surface area contributed by atoms with Crippen molar-refractivity contribution in [2.24, 2.45) is 0 Å². The number of hydrogen-bond acceptors (Lipinski definition) is 5. The molecule has 0 aliphatic carbocycles. The number of benzene rings is 2. The summed E-state index contributed by atoms with van der Waals surface area (Å²) in [6.07, 6.45) is 1.51. The first-order chi connectivity index (χ1) is 13.5. The first-order valence-electron chi connectivity index (χ1n) is 8.50. The van der Waals surface area contributed by atoms with E-state index in [-0.39, 0.29) is 17.1 Å². The number of aromatic nitrogens is 3. The van der Waals surface area contributed by atoms with E-state index in [2.05, 4.69) is 15.4 Å². The summed E-state index contributed by atoms with van der Waals surface area (Å²) < 4.78 is 1.31. The lowest BCUT2D eigenvalue weighted by Gasteiger charge is -2.08. The third kappa shape index (κ3) is 3.18. The maximum atomic E-state index is 12.7. The Labute approximate surface area is 159 Å². The van der Waals surface area contributed by atoms with Crippen LogP contribution < -0.4 is 5.32 Å². The summed E-state index contributed by atoms with van der Waals surface area (Å²) in [7, 11) is 0. The van der Waals surface area contributed by atoms with Crippen LogP contribution in [0, 0.1) is 17.0 Å². The van der Waals surface area contributed by atoms with Gasteiger partial charge in [-0.1, -0.05) is 36.4 Å². The molecule has 8 heteroatoms. The molecule has 28 heavy (non-hydrogen) atoms. The van der Waals surface area contributed by atoms with E-state index in [0.29, 0.717) is 5.82 Å². The fraction of sp³-hybridized carbons (Fsp3) is 0.0500. The minimum Gasteiger partial charge on any atom is -0.305 e. The Hall–Kier alpha value is -4.07. The number of carbonyl (C=O) groups excluding carboxylic acids is 1. The highest BCUT2D eigenvalue weighted by Gasteiger charge is 2.18. The van der Waals surface area contributed by atoms with Gasteiger partial charge in [-0.25, -0.2) is 9.67 Å². The molecule has 2 aromatic carbocycles. The van der Waals surface area contributed by atoms with Gasteiger partial charge in [-0.3, -0.25) is 14.9 Å². The van der Waals surface area contributed by atoms with Gasteiger partial charge in [0.15, 0.2) is 5.69 Å². The van der Waals surface area contributed by atoms with Crippen molar-refractivity contribution < 1.29 is 9.72 Å². The fourth-order valence-electron chi connectivity index (χ4n) is 2.99. The highest BCUT2D eigenvalue weighted by molar-refractivity contribution is 6.07. The predicted molar refractivity (Wildman–Crippen MR) is 105 cm³/mol. The second kappa shape index (κ2) is 6.92. The number of aryl methyl sites for hydroxylation is 1. The van der Waals surface area contributed by atoms with Crippen LogP contribution in [0.3, 0.4) is 0 Å². The maximum absolute atomic E-state index is 12.7. The number of carbonyl (C=O) groups is 1. The molecular weight excluding hydrogens is 358 g/mol. The van der Waals surface area contributed by atoms with Crippen molar-refractivity contribution in [2.45, 2.75) is 6.92 Å². The molecule has 1 amide bonds. The lowest BCUT2D eigenvalue weighted by Crippen LogP contribution is -2.15. The van der Waals surface area contributed by atoms with Crippen LogP contribution in [-0.2, 0) is 0 Å². The molecule has 2 heterocycles. The van der Waals surface area contributed by atoms with Gasteiger partial charge in [0.25, 0.3) is 11.6 Å². The zero-order valence-electron chi connectivity index (χ0n) is 14.9. The van der Waals surface area contributed by atoms with Gasteiger partial charge < -0.3 is 5.32 Å². The van der Waals surface area contributed by atoms with Crippen LogP contribution in [0.2, 0.25) is 0 Å². The van der Waals surface area contributed by atoms with Crippen LogP contribution in [0.1, 0.15) is 16.2 Å². The Bertz CT molecular complexity index is 1220. The zero-order valence-corrected chi connectivity index (χ0v) is 14.9. The fourth-order valence-corrected chi connectivity index (χ4v) is 2.99. The Morgan fingerprint density at radius 2 is 1.86 bits per heavy atom. The third-order valence-electron chi connectivity index (χ3n) is 4.25. The van der Waals surface area contributed by atoms with E-state index in [1.807, 2.05) is 37.3 Å². The molecule has 0 unspecified atom stereocenters. The lowest BCUT2D eigenvalue weighted by atomic mass is 10.1. The van der Waals surface area contributed by atoms with E-state index in [1.165, 1.54) is 23.0 Å². The predicted octanol–water partition coefficient (Wildman–Crippen LogP) is 3.89. The molecule has 1 N–H and O–H groups in total. The quantitative estimate of drug-likeness (QED) is 0.432. The van der Waals surface area contributed by atoms with Crippen molar-refractivity contribution >= 4 is 28.2 Å². The minimum absolute atomic E-state index is 0.0936. The molecule has 0 bridgehead atoms. The number of hydrogen-bond donors (Lipinski definition) is 1. The summed E-state index contributed by atoms with van der Waals surface area (Å²) in [4.78, 5) is 27.8. The van der Waals surface area contributed by atoms with Crippen LogP contribution in [0.4, 0.5) is 11.5 Å². The van der Waals surface area contributed by atoms with Gasteiger partial charge in [-0.15, -0.1) is 0 Å². The minimum atomic E-state index is -0.487. The van der Waals surface area contributed by atoms with Gasteiger partial charge in [0.05, 0.1) is 4.92 Å². The lowest BCUT2D eigenvalue weighted by molar-refractivity contribution is -0.384. The van der Waals surface area contributed by atoms with E-state index in [0.717, 1.165) is 16.5 Å². The largest absolute Gasteiger partial charge is 0.305 e. The van der Waals surface area contributed by atoms with Crippen molar-refractivity contribution in [3.8, 4) is 5.69 Å². The number of nitrogens with zero attached hydrogens (tertiary/aromatic N) is 4. The summed E-state index contributed by atoms with van der Waals surface area (Å²) in [6.45, 7) is 1.85. The Balaban J connectivity index is 1.66. The van der Waals surface area contributed by atoms with E-state index >= 15 is 0 Å². The van der Waals surface area contributed by atoms with Crippen molar-refractivity contribution in [3.05, 3.63) is 88.4 Å². The second-order valence-corrected chi connectivity index (χ2v) is 6.18. The molecular formula is C20H15N5O3. The SMILES string of the molecule is Cc1cc2ccccc2c(NC(=O)c2ccn(-c3ccccc3[N+](=O)[O-])n2)n1. The highest BCUT2D eigenvalue weighted by Crippen LogP contribution is 2.24. The van der Waals surface area contributed by atoms with Gasteiger partial charge in [-0.05, 0) is 30.5 Å². The number of fused-ring (bicyclic) bond motifs is 1. The maximum Gasteiger partial charge on any atom is 0.294 e. The van der Waals surface area contributed by atoms with Crippen LogP contribution in [-0.4, -0.2) is 25.6 Å². The van der Waals surface area contributed by atoms with E-state index < -0.39 is 10.8 Å². The molecule has 0 spiro atoms. The number of nitro groups is 1. The molecule has 0 aliphatic heterocycles. The molecule has 4 rings (SSSR count). The summed E-state index contributed by atoms with van der Waals surface area (Å²) in [5.74, 6) is 0.00132. The molecule has 138 valence electrons. The van der Waals surface area contributed by atoms with Crippen LogP contribution in [0.25, 0.3) is 16.5 Å². The Morgan fingerprint density at radius 3 is 2.68 bits per heavy atom. The number of rotatable bonds is 4. The van der Waals surface area contributed by atoms with Gasteiger partial charge >= 0.3 is 0 Å². The van der Waals surface area contributed by atoms with Crippen LogP contribution in [0.5, 0.6) is 0 Å².